The van der Waals surface area contributed by atoms with E-state index in [4.69, 9.17) is 4.42 Å². The summed E-state index contributed by atoms with van der Waals surface area (Å²) in [6.45, 7) is 1.50. The van der Waals surface area contributed by atoms with Crippen LogP contribution in [0.25, 0.3) is 21.7 Å². The van der Waals surface area contributed by atoms with E-state index >= 15 is 0 Å². The van der Waals surface area contributed by atoms with Crippen molar-refractivity contribution >= 4 is 21.7 Å². The Balaban J connectivity index is 1.62. The third-order valence-electron chi connectivity index (χ3n) is 4.46. The van der Waals surface area contributed by atoms with Gasteiger partial charge >= 0.3 is 5.63 Å². The van der Waals surface area contributed by atoms with Crippen LogP contribution in [0, 0.1) is 0 Å². The molecular formula is C22H19NO2. The summed E-state index contributed by atoms with van der Waals surface area (Å²) < 4.78 is 5.40. The van der Waals surface area contributed by atoms with Crippen LogP contribution >= 0.6 is 0 Å². The Morgan fingerprint density at radius 3 is 2.56 bits per heavy atom. The topological polar surface area (TPSA) is 42.2 Å². The monoisotopic (exact) mass is 329 g/mol. The summed E-state index contributed by atoms with van der Waals surface area (Å²) in [5.74, 6) is 0. The van der Waals surface area contributed by atoms with Gasteiger partial charge in [-0.25, -0.2) is 4.79 Å². The van der Waals surface area contributed by atoms with Crippen LogP contribution in [0.4, 0.5) is 0 Å². The second kappa shape index (κ2) is 6.91. The summed E-state index contributed by atoms with van der Waals surface area (Å²) in [6, 6.07) is 24.0. The summed E-state index contributed by atoms with van der Waals surface area (Å²) in [5.41, 5.74) is 2.63. The van der Waals surface area contributed by atoms with E-state index in [-0.39, 0.29) is 5.63 Å². The van der Waals surface area contributed by atoms with Crippen LogP contribution in [0.1, 0.15) is 11.1 Å². The standard InChI is InChI=1S/C22H19NO2/c24-21-14-18(15-23-13-12-16-6-2-1-3-7-16)22-19-9-5-4-8-17(19)10-11-20(22)25-21/h1-11,14,23H,12-13,15H2. The van der Waals surface area contributed by atoms with Gasteiger partial charge in [0.2, 0.25) is 0 Å². The molecule has 3 aromatic carbocycles. The molecule has 0 amide bonds. The van der Waals surface area contributed by atoms with Gasteiger partial charge < -0.3 is 9.73 Å². The summed E-state index contributed by atoms with van der Waals surface area (Å²) >= 11 is 0. The highest BCUT2D eigenvalue weighted by molar-refractivity contribution is 6.07. The van der Waals surface area contributed by atoms with Gasteiger partial charge in [0.15, 0.2) is 0 Å². The smallest absolute Gasteiger partial charge is 0.336 e. The molecule has 0 fully saturated rings. The SMILES string of the molecule is O=c1cc(CNCCc2ccccc2)c2c(ccc3ccccc32)o1. The van der Waals surface area contributed by atoms with Gasteiger partial charge in [-0.2, -0.15) is 0 Å². The highest BCUT2D eigenvalue weighted by Gasteiger charge is 2.09. The van der Waals surface area contributed by atoms with Crippen molar-refractivity contribution in [1.29, 1.82) is 0 Å². The van der Waals surface area contributed by atoms with Crippen LogP contribution in [-0.2, 0) is 13.0 Å². The van der Waals surface area contributed by atoms with Crippen molar-refractivity contribution in [3.05, 3.63) is 94.3 Å². The molecule has 1 N–H and O–H groups in total. The molecule has 1 aromatic heterocycles. The molecule has 3 heteroatoms. The van der Waals surface area contributed by atoms with Crippen LogP contribution in [0.2, 0.25) is 0 Å². The van der Waals surface area contributed by atoms with E-state index in [2.05, 4.69) is 41.7 Å². The average molecular weight is 329 g/mol. The van der Waals surface area contributed by atoms with Crippen molar-refractivity contribution in [2.24, 2.45) is 0 Å². The highest BCUT2D eigenvalue weighted by atomic mass is 16.4. The Kier molecular flexibility index (Phi) is 4.32. The van der Waals surface area contributed by atoms with Gasteiger partial charge in [-0.3, -0.25) is 0 Å². The summed E-state index contributed by atoms with van der Waals surface area (Å²) in [5, 5.41) is 6.73. The first-order valence-electron chi connectivity index (χ1n) is 8.50. The predicted octanol–water partition coefficient (Wildman–Crippen LogP) is 4.28. The Hall–Kier alpha value is -2.91. The lowest BCUT2D eigenvalue weighted by Gasteiger charge is -2.10. The second-order valence-electron chi connectivity index (χ2n) is 6.16. The van der Waals surface area contributed by atoms with E-state index in [1.807, 2.05) is 30.3 Å². The van der Waals surface area contributed by atoms with Crippen LogP contribution in [-0.4, -0.2) is 6.54 Å². The summed E-state index contributed by atoms with van der Waals surface area (Å²) in [6.07, 6.45) is 0.959. The molecule has 0 aliphatic rings. The van der Waals surface area contributed by atoms with Gasteiger partial charge in [0.25, 0.3) is 0 Å². The number of fused-ring (bicyclic) bond motifs is 3. The van der Waals surface area contributed by atoms with Crippen LogP contribution in [0.5, 0.6) is 0 Å². The zero-order valence-corrected chi connectivity index (χ0v) is 13.9. The van der Waals surface area contributed by atoms with E-state index in [1.54, 1.807) is 6.07 Å². The molecule has 4 rings (SSSR count). The molecule has 0 unspecified atom stereocenters. The van der Waals surface area contributed by atoms with Crippen molar-refractivity contribution in [2.75, 3.05) is 6.54 Å². The molecule has 124 valence electrons. The van der Waals surface area contributed by atoms with E-state index in [0.29, 0.717) is 12.1 Å². The van der Waals surface area contributed by atoms with Crippen molar-refractivity contribution in [3.8, 4) is 0 Å². The normalized spacial score (nSPS) is 11.2. The fourth-order valence-electron chi connectivity index (χ4n) is 3.26. The van der Waals surface area contributed by atoms with E-state index < -0.39 is 0 Å². The van der Waals surface area contributed by atoms with E-state index in [1.165, 1.54) is 5.56 Å². The molecule has 0 aliphatic carbocycles. The molecule has 0 aliphatic heterocycles. The second-order valence-corrected chi connectivity index (χ2v) is 6.16. The maximum absolute atomic E-state index is 11.9. The molecule has 1 heterocycles. The number of nitrogens with one attached hydrogen (secondary N) is 1. The Morgan fingerprint density at radius 1 is 0.880 bits per heavy atom. The lowest BCUT2D eigenvalue weighted by Crippen LogP contribution is -2.18. The highest BCUT2D eigenvalue weighted by Crippen LogP contribution is 2.27. The molecule has 0 bridgehead atoms. The van der Waals surface area contributed by atoms with Crippen LogP contribution < -0.4 is 10.9 Å². The van der Waals surface area contributed by atoms with Crippen molar-refractivity contribution in [2.45, 2.75) is 13.0 Å². The molecule has 0 atom stereocenters. The zero-order chi connectivity index (χ0) is 17.1. The van der Waals surface area contributed by atoms with Crippen molar-refractivity contribution in [3.63, 3.8) is 0 Å². The fraction of sp³-hybridized carbons (Fsp3) is 0.136. The Morgan fingerprint density at radius 2 is 1.68 bits per heavy atom. The van der Waals surface area contributed by atoms with Gasteiger partial charge in [-0.1, -0.05) is 60.7 Å². The average Bonchev–Trinajstić information content (AvgIpc) is 2.65. The van der Waals surface area contributed by atoms with E-state index in [9.17, 15) is 4.79 Å². The third kappa shape index (κ3) is 3.32. The first kappa shape index (κ1) is 15.6. The largest absolute Gasteiger partial charge is 0.423 e. The van der Waals surface area contributed by atoms with Gasteiger partial charge in [0, 0.05) is 18.0 Å². The molecule has 0 spiro atoms. The number of hydrogen-bond donors (Lipinski definition) is 1. The lowest BCUT2D eigenvalue weighted by molar-refractivity contribution is 0.557. The minimum Gasteiger partial charge on any atom is -0.423 e. The Bertz CT molecular complexity index is 1070. The maximum Gasteiger partial charge on any atom is 0.336 e. The Labute approximate surface area is 145 Å². The molecule has 3 nitrogen and oxygen atoms in total. The summed E-state index contributed by atoms with van der Waals surface area (Å²) in [4.78, 5) is 11.9. The summed E-state index contributed by atoms with van der Waals surface area (Å²) in [7, 11) is 0. The molecule has 25 heavy (non-hydrogen) atoms. The zero-order valence-electron chi connectivity index (χ0n) is 13.9. The molecule has 0 radical (unpaired) electrons. The van der Waals surface area contributed by atoms with E-state index in [0.717, 1.165) is 34.7 Å². The van der Waals surface area contributed by atoms with Gasteiger partial charge in [-0.05, 0) is 40.9 Å². The molecule has 4 aromatic rings. The lowest BCUT2D eigenvalue weighted by atomic mass is 10.0. The van der Waals surface area contributed by atoms with Gasteiger partial charge in [0.1, 0.15) is 5.58 Å². The third-order valence-corrected chi connectivity index (χ3v) is 4.46. The van der Waals surface area contributed by atoms with Gasteiger partial charge in [-0.15, -0.1) is 0 Å². The van der Waals surface area contributed by atoms with Crippen molar-refractivity contribution < 1.29 is 4.42 Å². The number of rotatable bonds is 5. The minimum absolute atomic E-state index is 0.303. The minimum atomic E-state index is -0.303. The van der Waals surface area contributed by atoms with Crippen LogP contribution in [0.15, 0.2) is 82.0 Å². The van der Waals surface area contributed by atoms with Crippen LogP contribution in [0.3, 0.4) is 0 Å². The van der Waals surface area contributed by atoms with Crippen molar-refractivity contribution in [1.82, 2.24) is 5.32 Å². The molecular weight excluding hydrogens is 310 g/mol. The molecule has 0 saturated carbocycles. The maximum atomic E-state index is 11.9. The fourth-order valence-corrected chi connectivity index (χ4v) is 3.26. The van der Waals surface area contributed by atoms with Gasteiger partial charge in [0.05, 0.1) is 0 Å². The predicted molar refractivity (Wildman–Crippen MR) is 102 cm³/mol. The first-order valence-corrected chi connectivity index (χ1v) is 8.50. The quantitative estimate of drug-likeness (QED) is 0.338. The first-order chi connectivity index (χ1) is 12.3. The number of benzene rings is 3. The molecule has 0 saturated heterocycles. The number of hydrogen-bond acceptors (Lipinski definition) is 3.